The summed E-state index contributed by atoms with van der Waals surface area (Å²) in [5.41, 5.74) is 0.155. The maximum Gasteiger partial charge on any atom is 0.168 e. The summed E-state index contributed by atoms with van der Waals surface area (Å²) in [6.45, 7) is 10.1. The standard InChI is InChI=1S/C15H26N2O2/c1-12(2)19-13-7-6-9-16-14(13)17-11-15(3,4)8-10-18-5/h6-7,9,12H,8,10-11H2,1-5H3,(H,16,17). The average molecular weight is 266 g/mol. The molecule has 1 N–H and O–H groups in total. The molecule has 1 aromatic heterocycles. The minimum absolute atomic E-state index is 0.145. The van der Waals surface area contributed by atoms with Gasteiger partial charge >= 0.3 is 0 Å². The van der Waals surface area contributed by atoms with Crippen molar-refractivity contribution >= 4 is 5.82 Å². The van der Waals surface area contributed by atoms with E-state index in [-0.39, 0.29) is 11.5 Å². The van der Waals surface area contributed by atoms with Crippen LogP contribution in [-0.4, -0.2) is 31.3 Å². The molecule has 0 bridgehead atoms. The van der Waals surface area contributed by atoms with Gasteiger partial charge in [0.1, 0.15) is 0 Å². The van der Waals surface area contributed by atoms with Gasteiger partial charge < -0.3 is 14.8 Å². The molecule has 0 unspecified atom stereocenters. The Morgan fingerprint density at radius 2 is 2.11 bits per heavy atom. The van der Waals surface area contributed by atoms with Crippen molar-refractivity contribution in [1.29, 1.82) is 0 Å². The van der Waals surface area contributed by atoms with Crippen molar-refractivity contribution in [3.63, 3.8) is 0 Å². The first-order valence-corrected chi connectivity index (χ1v) is 6.79. The van der Waals surface area contributed by atoms with E-state index in [1.54, 1.807) is 13.3 Å². The summed E-state index contributed by atoms with van der Waals surface area (Å²) in [7, 11) is 1.73. The lowest BCUT2D eigenvalue weighted by Gasteiger charge is -2.25. The number of hydrogen-bond donors (Lipinski definition) is 1. The quantitative estimate of drug-likeness (QED) is 0.783. The van der Waals surface area contributed by atoms with Crippen molar-refractivity contribution in [2.75, 3.05) is 25.6 Å². The smallest absolute Gasteiger partial charge is 0.168 e. The van der Waals surface area contributed by atoms with Crippen LogP contribution in [0.15, 0.2) is 18.3 Å². The van der Waals surface area contributed by atoms with Gasteiger partial charge in [0.15, 0.2) is 11.6 Å². The highest BCUT2D eigenvalue weighted by atomic mass is 16.5. The van der Waals surface area contributed by atoms with Gasteiger partial charge in [0, 0.05) is 26.5 Å². The van der Waals surface area contributed by atoms with Crippen LogP contribution in [0.1, 0.15) is 34.1 Å². The molecule has 0 amide bonds. The van der Waals surface area contributed by atoms with E-state index in [1.165, 1.54) is 0 Å². The molecule has 0 aliphatic heterocycles. The molecule has 0 radical (unpaired) electrons. The third-order valence-electron chi connectivity index (χ3n) is 2.85. The van der Waals surface area contributed by atoms with E-state index < -0.39 is 0 Å². The van der Waals surface area contributed by atoms with Crippen LogP contribution in [0.2, 0.25) is 0 Å². The number of rotatable bonds is 8. The highest BCUT2D eigenvalue weighted by Crippen LogP contribution is 2.25. The SMILES string of the molecule is COCCC(C)(C)CNc1ncccc1OC(C)C. The van der Waals surface area contributed by atoms with Crippen molar-refractivity contribution in [3.05, 3.63) is 18.3 Å². The minimum Gasteiger partial charge on any atom is -0.487 e. The van der Waals surface area contributed by atoms with Gasteiger partial charge in [-0.2, -0.15) is 0 Å². The topological polar surface area (TPSA) is 43.4 Å². The number of aromatic nitrogens is 1. The first-order chi connectivity index (χ1) is 8.94. The van der Waals surface area contributed by atoms with E-state index in [0.717, 1.165) is 31.1 Å². The highest BCUT2D eigenvalue weighted by Gasteiger charge is 2.18. The molecule has 0 atom stereocenters. The molecule has 0 saturated heterocycles. The first kappa shape index (κ1) is 15.8. The fourth-order valence-corrected chi connectivity index (χ4v) is 1.66. The second-order valence-corrected chi connectivity index (χ2v) is 5.78. The Hall–Kier alpha value is -1.29. The lowest BCUT2D eigenvalue weighted by molar-refractivity contribution is 0.157. The van der Waals surface area contributed by atoms with Gasteiger partial charge in [-0.05, 0) is 37.8 Å². The lowest BCUT2D eigenvalue weighted by atomic mass is 9.90. The molecule has 1 rings (SSSR count). The van der Waals surface area contributed by atoms with Crippen molar-refractivity contribution in [2.45, 2.75) is 40.2 Å². The van der Waals surface area contributed by atoms with E-state index in [2.05, 4.69) is 24.1 Å². The zero-order valence-corrected chi connectivity index (χ0v) is 12.7. The van der Waals surface area contributed by atoms with Crippen LogP contribution in [0.5, 0.6) is 5.75 Å². The molecule has 108 valence electrons. The summed E-state index contributed by atoms with van der Waals surface area (Å²) in [5.74, 6) is 1.61. The Balaban J connectivity index is 2.61. The van der Waals surface area contributed by atoms with Crippen LogP contribution < -0.4 is 10.1 Å². The first-order valence-electron chi connectivity index (χ1n) is 6.79. The third kappa shape index (κ3) is 5.92. The monoisotopic (exact) mass is 266 g/mol. The summed E-state index contributed by atoms with van der Waals surface area (Å²) < 4.78 is 10.9. The maximum absolute atomic E-state index is 5.74. The summed E-state index contributed by atoms with van der Waals surface area (Å²) in [4.78, 5) is 4.35. The largest absolute Gasteiger partial charge is 0.487 e. The Morgan fingerprint density at radius 3 is 2.74 bits per heavy atom. The molecule has 4 heteroatoms. The van der Waals surface area contributed by atoms with Crippen LogP contribution in [0.3, 0.4) is 0 Å². The third-order valence-corrected chi connectivity index (χ3v) is 2.85. The molecular formula is C15H26N2O2. The van der Waals surface area contributed by atoms with Gasteiger partial charge in [-0.3, -0.25) is 0 Å². The zero-order valence-electron chi connectivity index (χ0n) is 12.7. The van der Waals surface area contributed by atoms with Crippen molar-refractivity contribution in [2.24, 2.45) is 5.41 Å². The molecular weight excluding hydrogens is 240 g/mol. The Bertz CT molecular complexity index is 378. The van der Waals surface area contributed by atoms with Crippen molar-refractivity contribution in [3.8, 4) is 5.75 Å². The van der Waals surface area contributed by atoms with Gasteiger partial charge in [-0.25, -0.2) is 4.98 Å². The predicted molar refractivity (Wildman–Crippen MR) is 78.8 cm³/mol. The summed E-state index contributed by atoms with van der Waals surface area (Å²) in [5, 5.41) is 3.38. The van der Waals surface area contributed by atoms with E-state index in [9.17, 15) is 0 Å². The van der Waals surface area contributed by atoms with Gasteiger partial charge in [0.05, 0.1) is 6.10 Å². The summed E-state index contributed by atoms with van der Waals surface area (Å²) in [6, 6.07) is 3.83. The van der Waals surface area contributed by atoms with E-state index in [0.29, 0.717) is 0 Å². The molecule has 1 heterocycles. The summed E-state index contributed by atoms with van der Waals surface area (Å²) >= 11 is 0. The van der Waals surface area contributed by atoms with E-state index in [1.807, 2.05) is 26.0 Å². The molecule has 0 fully saturated rings. The molecule has 0 aliphatic carbocycles. The lowest BCUT2D eigenvalue weighted by Crippen LogP contribution is -2.25. The van der Waals surface area contributed by atoms with Crippen LogP contribution in [0.4, 0.5) is 5.82 Å². The van der Waals surface area contributed by atoms with Crippen molar-refractivity contribution in [1.82, 2.24) is 4.98 Å². The second-order valence-electron chi connectivity index (χ2n) is 5.78. The fourth-order valence-electron chi connectivity index (χ4n) is 1.66. The Morgan fingerprint density at radius 1 is 1.37 bits per heavy atom. The van der Waals surface area contributed by atoms with Crippen LogP contribution in [-0.2, 0) is 4.74 Å². The Labute approximate surface area is 116 Å². The number of anilines is 1. The normalized spacial score (nSPS) is 11.7. The maximum atomic E-state index is 5.74. The van der Waals surface area contributed by atoms with Crippen LogP contribution >= 0.6 is 0 Å². The number of nitrogens with one attached hydrogen (secondary N) is 1. The van der Waals surface area contributed by atoms with E-state index in [4.69, 9.17) is 9.47 Å². The molecule has 4 nitrogen and oxygen atoms in total. The van der Waals surface area contributed by atoms with Gasteiger partial charge in [0.25, 0.3) is 0 Å². The molecule has 0 aromatic carbocycles. The zero-order chi connectivity index (χ0) is 14.3. The van der Waals surface area contributed by atoms with Gasteiger partial charge in [-0.15, -0.1) is 0 Å². The molecule has 19 heavy (non-hydrogen) atoms. The van der Waals surface area contributed by atoms with Gasteiger partial charge in [0.2, 0.25) is 0 Å². The number of pyridine rings is 1. The van der Waals surface area contributed by atoms with Crippen LogP contribution in [0.25, 0.3) is 0 Å². The summed E-state index contributed by atoms with van der Waals surface area (Å²) in [6.07, 6.45) is 2.92. The van der Waals surface area contributed by atoms with Gasteiger partial charge in [-0.1, -0.05) is 13.8 Å². The van der Waals surface area contributed by atoms with Crippen molar-refractivity contribution < 1.29 is 9.47 Å². The molecule has 0 saturated carbocycles. The fraction of sp³-hybridized carbons (Fsp3) is 0.667. The molecule has 0 spiro atoms. The minimum atomic E-state index is 0.145. The number of hydrogen-bond acceptors (Lipinski definition) is 4. The van der Waals surface area contributed by atoms with Crippen LogP contribution in [0, 0.1) is 5.41 Å². The average Bonchev–Trinajstić information content (AvgIpc) is 2.35. The highest BCUT2D eigenvalue weighted by molar-refractivity contribution is 5.49. The second kappa shape index (κ2) is 7.34. The number of methoxy groups -OCH3 is 1. The number of ether oxygens (including phenoxy) is 2. The predicted octanol–water partition coefficient (Wildman–Crippen LogP) is 3.34. The Kier molecular flexibility index (Phi) is 6.09. The number of nitrogens with zero attached hydrogens (tertiary/aromatic N) is 1. The molecule has 1 aromatic rings. The van der Waals surface area contributed by atoms with E-state index >= 15 is 0 Å². The molecule has 0 aliphatic rings.